The third-order valence-electron chi connectivity index (χ3n) is 7.23. The highest BCUT2D eigenvalue weighted by atomic mass is 16.2. The van der Waals surface area contributed by atoms with Crippen LogP contribution in [0.2, 0.25) is 0 Å². The van der Waals surface area contributed by atoms with Gasteiger partial charge in [-0.15, -0.1) is 5.10 Å². The van der Waals surface area contributed by atoms with E-state index in [1.165, 1.54) is 5.56 Å². The summed E-state index contributed by atoms with van der Waals surface area (Å²) in [5.74, 6) is 0.254. The molecule has 0 aliphatic carbocycles. The van der Waals surface area contributed by atoms with E-state index in [0.29, 0.717) is 31.1 Å². The summed E-state index contributed by atoms with van der Waals surface area (Å²) in [7, 11) is 0. The number of benzene rings is 3. The second-order valence-corrected chi connectivity index (χ2v) is 9.88. The molecule has 0 spiro atoms. The van der Waals surface area contributed by atoms with Gasteiger partial charge in [0.1, 0.15) is 12.1 Å². The van der Waals surface area contributed by atoms with Crippen LogP contribution < -0.4 is 5.32 Å². The van der Waals surface area contributed by atoms with E-state index in [9.17, 15) is 9.59 Å². The predicted molar refractivity (Wildman–Crippen MR) is 148 cm³/mol. The minimum atomic E-state index is -0.155. The lowest BCUT2D eigenvalue weighted by atomic mass is 9.89. The van der Waals surface area contributed by atoms with E-state index in [4.69, 9.17) is 0 Å². The molecule has 1 fully saturated rings. The van der Waals surface area contributed by atoms with E-state index in [1.807, 2.05) is 70.4 Å². The zero-order chi connectivity index (χ0) is 26.6. The molecule has 0 saturated carbocycles. The zero-order valence-corrected chi connectivity index (χ0v) is 21.5. The molecule has 1 saturated heterocycles. The summed E-state index contributed by atoms with van der Waals surface area (Å²) in [6.07, 6.45) is 5.29. The summed E-state index contributed by atoms with van der Waals surface area (Å²) in [5, 5.41) is 15.5. The monoisotopic (exact) mass is 519 g/mol. The number of fused-ring (bicyclic) bond motifs is 1. The highest BCUT2D eigenvalue weighted by Gasteiger charge is 2.25. The van der Waals surface area contributed by atoms with Crippen LogP contribution in [0.4, 0.5) is 5.69 Å². The van der Waals surface area contributed by atoms with Crippen molar-refractivity contribution >= 4 is 28.5 Å². The predicted octanol–water partition coefficient (Wildman–Crippen LogP) is 4.33. The van der Waals surface area contributed by atoms with Crippen LogP contribution in [0.1, 0.15) is 40.2 Å². The molecule has 0 unspecified atom stereocenters. The molecule has 0 radical (unpaired) electrons. The summed E-state index contributed by atoms with van der Waals surface area (Å²) in [6.45, 7) is 2.15. The number of carbonyl (C=O) groups excluding carboxylic acids is 2. The molecule has 9 heteroatoms. The summed E-state index contributed by atoms with van der Waals surface area (Å²) in [5.41, 5.74) is 5.33. The molecule has 6 rings (SSSR count). The van der Waals surface area contributed by atoms with E-state index in [1.54, 1.807) is 10.9 Å². The van der Waals surface area contributed by atoms with E-state index in [2.05, 4.69) is 45.0 Å². The Hall–Kier alpha value is -4.79. The molecule has 5 aromatic rings. The molecule has 1 aliphatic rings. The van der Waals surface area contributed by atoms with Crippen molar-refractivity contribution in [3.8, 4) is 0 Å². The summed E-state index contributed by atoms with van der Waals surface area (Å²) in [6, 6.07) is 25.7. The normalized spacial score (nSPS) is 14.0. The maximum atomic E-state index is 13.1. The summed E-state index contributed by atoms with van der Waals surface area (Å²) in [4.78, 5) is 27.6. The molecule has 2 amide bonds. The van der Waals surface area contributed by atoms with Crippen LogP contribution in [0.5, 0.6) is 0 Å². The second kappa shape index (κ2) is 10.9. The maximum absolute atomic E-state index is 13.1. The fraction of sp³-hybridized carbons (Fsp3) is 0.233. The third-order valence-corrected chi connectivity index (χ3v) is 7.23. The number of carbonyl (C=O) groups is 2. The van der Waals surface area contributed by atoms with Gasteiger partial charge >= 0.3 is 0 Å². The minimum Gasteiger partial charge on any atom is -0.339 e. The first-order valence-electron chi connectivity index (χ1n) is 13.2. The average Bonchev–Trinajstić information content (AvgIpc) is 3.61. The Morgan fingerprint density at radius 3 is 2.44 bits per heavy atom. The molecule has 0 bridgehead atoms. The number of nitrogens with zero attached hydrogens (tertiary/aromatic N) is 6. The lowest BCUT2D eigenvalue weighted by Gasteiger charge is -2.32. The molecule has 9 nitrogen and oxygen atoms in total. The third kappa shape index (κ3) is 5.57. The van der Waals surface area contributed by atoms with Crippen molar-refractivity contribution in [1.82, 2.24) is 29.7 Å². The number of aromatic nitrogens is 5. The summed E-state index contributed by atoms with van der Waals surface area (Å²) < 4.78 is 3.41. The maximum Gasteiger partial charge on any atom is 0.257 e. The minimum absolute atomic E-state index is 0.0333. The number of amides is 2. The first kappa shape index (κ1) is 24.5. The number of para-hydroxylation sites is 1. The van der Waals surface area contributed by atoms with Gasteiger partial charge in [-0.2, -0.15) is 5.10 Å². The number of rotatable bonds is 7. The molecular formula is C30H29N7O2. The SMILES string of the molecule is O=C(Cn1nnc2ccccc21)Nc1ccc(C2CCN(C(=O)c3cnn(Cc4ccccc4)c3)CC2)cc1. The van der Waals surface area contributed by atoms with Gasteiger partial charge in [-0.3, -0.25) is 14.3 Å². The zero-order valence-electron chi connectivity index (χ0n) is 21.5. The van der Waals surface area contributed by atoms with E-state index in [0.717, 1.165) is 35.1 Å². The van der Waals surface area contributed by atoms with Crippen molar-refractivity contribution < 1.29 is 9.59 Å². The smallest absolute Gasteiger partial charge is 0.257 e. The number of hydrogen-bond donors (Lipinski definition) is 1. The Labute approximate surface area is 226 Å². The van der Waals surface area contributed by atoms with E-state index >= 15 is 0 Å². The highest BCUT2D eigenvalue weighted by molar-refractivity contribution is 5.94. The topological polar surface area (TPSA) is 97.9 Å². The van der Waals surface area contributed by atoms with Crippen LogP contribution in [0, 0.1) is 0 Å². The Bertz CT molecular complexity index is 1580. The molecule has 3 heterocycles. The van der Waals surface area contributed by atoms with Gasteiger partial charge in [0.25, 0.3) is 5.91 Å². The van der Waals surface area contributed by atoms with Crippen LogP contribution in [-0.2, 0) is 17.9 Å². The van der Waals surface area contributed by atoms with Crippen LogP contribution >= 0.6 is 0 Å². The quantitative estimate of drug-likeness (QED) is 0.345. The van der Waals surface area contributed by atoms with Crippen molar-refractivity contribution in [3.05, 3.63) is 108 Å². The van der Waals surface area contributed by atoms with Crippen molar-refractivity contribution in [2.45, 2.75) is 31.8 Å². The fourth-order valence-electron chi connectivity index (χ4n) is 5.14. The molecule has 1 aliphatic heterocycles. The van der Waals surface area contributed by atoms with Crippen molar-refractivity contribution in [2.75, 3.05) is 18.4 Å². The second-order valence-electron chi connectivity index (χ2n) is 9.88. The standard InChI is InChI=1S/C30H29N7O2/c38-29(21-37-28-9-5-4-8-27(28)33-34-37)32-26-12-10-23(11-13-26)24-14-16-35(17-15-24)30(39)25-18-31-36(20-25)19-22-6-2-1-3-7-22/h1-13,18,20,24H,14-17,19,21H2,(H,32,38). The van der Waals surface area contributed by atoms with E-state index < -0.39 is 0 Å². The molecule has 0 atom stereocenters. The Kier molecular flexibility index (Phi) is 6.86. The molecule has 196 valence electrons. The Morgan fingerprint density at radius 1 is 0.897 bits per heavy atom. The van der Waals surface area contributed by atoms with Crippen molar-refractivity contribution in [3.63, 3.8) is 0 Å². The van der Waals surface area contributed by atoms with Gasteiger partial charge in [0, 0.05) is 25.0 Å². The van der Waals surface area contributed by atoms with Crippen LogP contribution in [0.3, 0.4) is 0 Å². The molecule has 3 aromatic carbocycles. The number of anilines is 1. The number of hydrogen-bond acceptors (Lipinski definition) is 5. The van der Waals surface area contributed by atoms with Gasteiger partial charge in [-0.1, -0.05) is 59.8 Å². The van der Waals surface area contributed by atoms with Crippen LogP contribution in [0.15, 0.2) is 91.3 Å². The Morgan fingerprint density at radius 2 is 1.64 bits per heavy atom. The number of likely N-dealkylation sites (tertiary alicyclic amines) is 1. The molecular weight excluding hydrogens is 490 g/mol. The molecule has 1 N–H and O–H groups in total. The lowest BCUT2D eigenvalue weighted by Crippen LogP contribution is -2.37. The fourth-order valence-corrected chi connectivity index (χ4v) is 5.14. The van der Waals surface area contributed by atoms with Gasteiger partial charge in [0.05, 0.1) is 23.8 Å². The van der Waals surface area contributed by atoms with E-state index in [-0.39, 0.29) is 18.4 Å². The van der Waals surface area contributed by atoms with Gasteiger partial charge < -0.3 is 10.2 Å². The lowest BCUT2D eigenvalue weighted by molar-refractivity contribution is -0.116. The largest absolute Gasteiger partial charge is 0.339 e. The number of piperidine rings is 1. The number of nitrogens with one attached hydrogen (secondary N) is 1. The van der Waals surface area contributed by atoms with Crippen molar-refractivity contribution in [1.29, 1.82) is 0 Å². The molecule has 39 heavy (non-hydrogen) atoms. The average molecular weight is 520 g/mol. The molecule has 2 aromatic heterocycles. The van der Waals surface area contributed by atoms with Gasteiger partial charge in [-0.25, -0.2) is 4.68 Å². The van der Waals surface area contributed by atoms with Gasteiger partial charge in [0.15, 0.2) is 0 Å². The highest BCUT2D eigenvalue weighted by Crippen LogP contribution is 2.29. The van der Waals surface area contributed by atoms with Crippen molar-refractivity contribution in [2.24, 2.45) is 0 Å². The van der Waals surface area contributed by atoms with Crippen LogP contribution in [0.25, 0.3) is 11.0 Å². The first-order valence-corrected chi connectivity index (χ1v) is 13.2. The van der Waals surface area contributed by atoms with Gasteiger partial charge in [-0.05, 0) is 54.2 Å². The summed E-state index contributed by atoms with van der Waals surface area (Å²) >= 11 is 0. The van der Waals surface area contributed by atoms with Crippen LogP contribution in [-0.4, -0.2) is 54.6 Å². The van der Waals surface area contributed by atoms with Gasteiger partial charge in [0.2, 0.25) is 5.91 Å². The first-order chi connectivity index (χ1) is 19.1. The Balaban J connectivity index is 1.00.